The summed E-state index contributed by atoms with van der Waals surface area (Å²) in [6.07, 6.45) is 1.17. The maximum absolute atomic E-state index is 11.4. The Morgan fingerprint density at radius 1 is 1.55 bits per heavy atom. The first kappa shape index (κ1) is 13.7. The van der Waals surface area contributed by atoms with E-state index in [2.05, 4.69) is 20.3 Å². The molecule has 0 bridgehead atoms. The van der Waals surface area contributed by atoms with E-state index in [4.69, 9.17) is 14.9 Å². The Kier molecular flexibility index (Phi) is 4.11. The summed E-state index contributed by atoms with van der Waals surface area (Å²) in [6, 6.07) is 1.29. The number of carbonyl (C=O) groups is 1. The molecule has 9 nitrogen and oxygen atoms in total. The van der Waals surface area contributed by atoms with Crippen LogP contribution in [-0.2, 0) is 17.9 Å². The van der Waals surface area contributed by atoms with Gasteiger partial charge in [0, 0.05) is 13.2 Å². The van der Waals surface area contributed by atoms with Gasteiger partial charge in [0.05, 0.1) is 6.54 Å². The van der Waals surface area contributed by atoms with Crippen LogP contribution in [0.15, 0.2) is 21.5 Å². The molecule has 2 heterocycles. The minimum atomic E-state index is -0.670. The average Bonchev–Trinajstić information content (AvgIpc) is 2.85. The largest absolute Gasteiger partial charge is 0.446 e. The molecule has 2 aromatic rings. The summed E-state index contributed by atoms with van der Waals surface area (Å²) in [5, 5.41) is 2.86. The van der Waals surface area contributed by atoms with E-state index in [-0.39, 0.29) is 30.3 Å². The molecule has 2 rings (SSSR count). The number of oxazole rings is 1. The standard InChI is InChI=1S/C11H13N5O4/c1-19-5-8-15-7(2-9(17)16-8)13-3-10-14-6(4-20-10)11(12)18/h2,4H,3,5H2,1H3,(H2,12,18)(H2,13,15,16,17). The fourth-order valence-corrected chi connectivity index (χ4v) is 1.48. The molecule has 4 N–H and O–H groups in total. The quantitative estimate of drug-likeness (QED) is 0.655. The molecule has 106 valence electrons. The lowest BCUT2D eigenvalue weighted by atomic mass is 10.5. The van der Waals surface area contributed by atoms with Gasteiger partial charge in [0.2, 0.25) is 5.89 Å². The number of anilines is 1. The highest BCUT2D eigenvalue weighted by molar-refractivity contribution is 5.90. The molecule has 0 spiro atoms. The highest BCUT2D eigenvalue weighted by Crippen LogP contribution is 2.05. The molecule has 1 amide bonds. The molecule has 0 fully saturated rings. The van der Waals surface area contributed by atoms with E-state index >= 15 is 0 Å². The highest BCUT2D eigenvalue weighted by Gasteiger charge is 2.09. The number of nitrogens with zero attached hydrogens (tertiary/aromatic N) is 2. The van der Waals surface area contributed by atoms with Crippen LogP contribution < -0.4 is 16.6 Å². The van der Waals surface area contributed by atoms with Crippen LogP contribution in [0.4, 0.5) is 5.82 Å². The maximum atomic E-state index is 11.4. The van der Waals surface area contributed by atoms with Gasteiger partial charge < -0.3 is 25.2 Å². The first-order chi connectivity index (χ1) is 9.58. The molecule has 0 aliphatic carbocycles. The average molecular weight is 279 g/mol. The van der Waals surface area contributed by atoms with Crippen molar-refractivity contribution in [2.24, 2.45) is 5.73 Å². The Hall–Kier alpha value is -2.68. The van der Waals surface area contributed by atoms with Gasteiger partial charge in [-0.2, -0.15) is 0 Å². The Morgan fingerprint density at radius 2 is 2.35 bits per heavy atom. The van der Waals surface area contributed by atoms with E-state index in [0.717, 1.165) is 0 Å². The van der Waals surface area contributed by atoms with Crippen molar-refractivity contribution < 1.29 is 13.9 Å². The highest BCUT2D eigenvalue weighted by atomic mass is 16.5. The number of aromatic amines is 1. The number of hydrogen-bond donors (Lipinski definition) is 3. The number of nitrogens with one attached hydrogen (secondary N) is 2. The van der Waals surface area contributed by atoms with Crippen LogP contribution >= 0.6 is 0 Å². The second-order valence-electron chi connectivity index (χ2n) is 3.85. The van der Waals surface area contributed by atoms with Gasteiger partial charge in [-0.1, -0.05) is 0 Å². The monoisotopic (exact) mass is 279 g/mol. The third-order valence-corrected chi connectivity index (χ3v) is 2.30. The SMILES string of the molecule is COCc1nc(NCc2nc(C(N)=O)co2)cc(=O)[nH]1. The number of H-pyrrole nitrogens is 1. The fraction of sp³-hybridized carbons (Fsp3) is 0.273. The van der Waals surface area contributed by atoms with Crippen molar-refractivity contribution in [3.05, 3.63) is 40.1 Å². The lowest BCUT2D eigenvalue weighted by Gasteiger charge is -2.04. The van der Waals surface area contributed by atoms with Crippen molar-refractivity contribution in [2.75, 3.05) is 12.4 Å². The van der Waals surface area contributed by atoms with E-state index in [9.17, 15) is 9.59 Å². The van der Waals surface area contributed by atoms with Crippen molar-refractivity contribution in [3.63, 3.8) is 0 Å². The number of rotatable bonds is 6. The lowest BCUT2D eigenvalue weighted by molar-refractivity contribution is 0.0995. The number of carbonyl (C=O) groups excluding carboxylic acids is 1. The number of aromatic nitrogens is 3. The van der Waals surface area contributed by atoms with E-state index in [0.29, 0.717) is 11.6 Å². The molecular weight excluding hydrogens is 266 g/mol. The van der Waals surface area contributed by atoms with Crippen molar-refractivity contribution in [1.82, 2.24) is 15.0 Å². The Balaban J connectivity index is 2.06. The van der Waals surface area contributed by atoms with E-state index in [1.54, 1.807) is 0 Å². The summed E-state index contributed by atoms with van der Waals surface area (Å²) < 4.78 is 9.93. The molecule has 2 aromatic heterocycles. The van der Waals surface area contributed by atoms with Crippen molar-refractivity contribution in [3.8, 4) is 0 Å². The van der Waals surface area contributed by atoms with Gasteiger partial charge >= 0.3 is 0 Å². The topological polar surface area (TPSA) is 136 Å². The predicted octanol–water partition coefficient (Wildman–Crippen LogP) is -0.385. The third-order valence-electron chi connectivity index (χ3n) is 2.30. The van der Waals surface area contributed by atoms with E-state index in [1.165, 1.54) is 19.4 Å². The van der Waals surface area contributed by atoms with Crippen LogP contribution in [0, 0.1) is 0 Å². The molecule has 20 heavy (non-hydrogen) atoms. The summed E-state index contributed by atoms with van der Waals surface area (Å²) >= 11 is 0. The summed E-state index contributed by atoms with van der Waals surface area (Å²) in [6.45, 7) is 0.353. The first-order valence-corrected chi connectivity index (χ1v) is 5.65. The van der Waals surface area contributed by atoms with Crippen molar-refractivity contribution in [1.29, 1.82) is 0 Å². The second-order valence-corrected chi connectivity index (χ2v) is 3.85. The normalized spacial score (nSPS) is 10.4. The predicted molar refractivity (Wildman–Crippen MR) is 67.9 cm³/mol. The Bertz CT molecular complexity index is 663. The minimum absolute atomic E-state index is 0.0424. The molecule has 0 saturated carbocycles. The molecule has 0 radical (unpaired) electrons. The number of hydrogen-bond acceptors (Lipinski definition) is 7. The van der Waals surface area contributed by atoms with Gasteiger partial charge in [0.15, 0.2) is 5.69 Å². The first-order valence-electron chi connectivity index (χ1n) is 5.65. The fourth-order valence-electron chi connectivity index (χ4n) is 1.48. The van der Waals surface area contributed by atoms with Gasteiger partial charge in [0.25, 0.3) is 11.5 Å². The molecule has 0 unspecified atom stereocenters. The molecule has 0 aliphatic rings. The Labute approximate surface area is 113 Å². The van der Waals surface area contributed by atoms with Gasteiger partial charge in [-0.3, -0.25) is 9.59 Å². The van der Waals surface area contributed by atoms with Crippen LogP contribution in [0.25, 0.3) is 0 Å². The van der Waals surface area contributed by atoms with E-state index < -0.39 is 5.91 Å². The number of ether oxygens (including phenoxy) is 1. The molecule has 0 saturated heterocycles. The summed E-state index contributed by atoms with van der Waals surface area (Å²) in [7, 11) is 1.50. The smallest absolute Gasteiger partial charge is 0.270 e. The van der Waals surface area contributed by atoms with Crippen LogP contribution in [0.5, 0.6) is 0 Å². The van der Waals surface area contributed by atoms with E-state index in [1.807, 2.05) is 0 Å². The number of nitrogens with two attached hydrogens (primary N) is 1. The number of primary amides is 1. The number of methoxy groups -OCH3 is 1. The molecule has 0 aliphatic heterocycles. The zero-order valence-corrected chi connectivity index (χ0v) is 10.7. The van der Waals surface area contributed by atoms with Crippen molar-refractivity contribution in [2.45, 2.75) is 13.2 Å². The van der Waals surface area contributed by atoms with Crippen molar-refractivity contribution >= 4 is 11.7 Å². The zero-order chi connectivity index (χ0) is 14.5. The molecule has 0 aromatic carbocycles. The second kappa shape index (κ2) is 5.97. The third kappa shape index (κ3) is 3.42. The molecular formula is C11H13N5O4. The summed E-state index contributed by atoms with van der Waals surface area (Å²) in [5.74, 6) is 0.332. The molecule has 9 heteroatoms. The maximum Gasteiger partial charge on any atom is 0.270 e. The van der Waals surface area contributed by atoms with Gasteiger partial charge in [0.1, 0.15) is 24.5 Å². The lowest BCUT2D eigenvalue weighted by Crippen LogP contribution is -2.14. The zero-order valence-electron chi connectivity index (χ0n) is 10.7. The van der Waals surface area contributed by atoms with Crippen LogP contribution in [-0.4, -0.2) is 28.0 Å². The molecule has 0 atom stereocenters. The minimum Gasteiger partial charge on any atom is -0.446 e. The van der Waals surface area contributed by atoms with Crippen LogP contribution in [0.3, 0.4) is 0 Å². The van der Waals surface area contributed by atoms with Gasteiger partial charge in [-0.15, -0.1) is 0 Å². The van der Waals surface area contributed by atoms with Gasteiger partial charge in [-0.05, 0) is 0 Å². The van der Waals surface area contributed by atoms with Gasteiger partial charge in [-0.25, -0.2) is 9.97 Å². The Morgan fingerprint density at radius 3 is 3.00 bits per heavy atom. The number of amides is 1. The van der Waals surface area contributed by atoms with Crippen LogP contribution in [0.2, 0.25) is 0 Å². The summed E-state index contributed by atoms with van der Waals surface area (Å²) in [5.41, 5.74) is 4.79. The van der Waals surface area contributed by atoms with Crippen LogP contribution in [0.1, 0.15) is 22.2 Å². The summed E-state index contributed by atoms with van der Waals surface area (Å²) in [4.78, 5) is 32.8.